The zero-order chi connectivity index (χ0) is 9.97. The van der Waals surface area contributed by atoms with Crippen molar-refractivity contribution in [3.63, 3.8) is 0 Å². The molecule has 0 saturated heterocycles. The summed E-state index contributed by atoms with van der Waals surface area (Å²) in [7, 11) is 0. The van der Waals surface area contributed by atoms with Crippen LogP contribution < -0.4 is 0 Å². The van der Waals surface area contributed by atoms with E-state index in [2.05, 4.69) is 11.8 Å². The Kier molecular flexibility index (Phi) is 2.32. The summed E-state index contributed by atoms with van der Waals surface area (Å²) in [4.78, 5) is 10.6. The Labute approximate surface area is 81.9 Å². The maximum absolute atomic E-state index is 12.8. The second-order valence-corrected chi connectivity index (χ2v) is 3.39. The van der Waals surface area contributed by atoms with Gasteiger partial charge in [0.25, 0.3) is 0 Å². The maximum Gasteiger partial charge on any atom is 0.151 e. The molecule has 1 aliphatic rings. The number of rotatable bonds is 1. The van der Waals surface area contributed by atoms with Crippen molar-refractivity contribution in [2.45, 2.75) is 12.8 Å². The van der Waals surface area contributed by atoms with Gasteiger partial charge >= 0.3 is 0 Å². The van der Waals surface area contributed by atoms with E-state index in [1.54, 1.807) is 0 Å². The van der Waals surface area contributed by atoms with Gasteiger partial charge in [0.05, 0.1) is 0 Å². The molecule has 0 radical (unpaired) electrons. The van der Waals surface area contributed by atoms with E-state index < -0.39 is 0 Å². The first-order valence-corrected chi connectivity index (χ1v) is 4.56. The van der Waals surface area contributed by atoms with Crippen molar-refractivity contribution >= 4 is 6.29 Å². The molecule has 2 rings (SSSR count). The summed E-state index contributed by atoms with van der Waals surface area (Å²) in [5.41, 5.74) is 0.950. The molecular formula is C12H9FO. The standard InChI is InChI=1S/C12H9FO/c13-12-6-5-11(8-14)10(7-12)4-3-9-1-2-9/h5-9H,1-2H2. The minimum Gasteiger partial charge on any atom is -0.298 e. The van der Waals surface area contributed by atoms with Gasteiger partial charge in [0, 0.05) is 17.0 Å². The third kappa shape index (κ3) is 2.00. The highest BCUT2D eigenvalue weighted by Gasteiger charge is 2.17. The summed E-state index contributed by atoms with van der Waals surface area (Å²) in [6.45, 7) is 0. The fourth-order valence-corrected chi connectivity index (χ4v) is 1.15. The third-order valence-corrected chi connectivity index (χ3v) is 2.13. The summed E-state index contributed by atoms with van der Waals surface area (Å²) in [6, 6.07) is 4.03. The first-order valence-electron chi connectivity index (χ1n) is 4.56. The number of carbonyl (C=O) groups is 1. The lowest BCUT2D eigenvalue weighted by Crippen LogP contribution is -1.88. The van der Waals surface area contributed by atoms with Crippen LogP contribution in [-0.2, 0) is 0 Å². The van der Waals surface area contributed by atoms with Crippen molar-refractivity contribution < 1.29 is 9.18 Å². The Bertz CT molecular complexity index is 422. The van der Waals surface area contributed by atoms with Crippen molar-refractivity contribution in [2.75, 3.05) is 0 Å². The molecule has 0 aromatic heterocycles. The molecule has 0 bridgehead atoms. The van der Waals surface area contributed by atoms with Crippen molar-refractivity contribution in [3.8, 4) is 11.8 Å². The molecule has 1 fully saturated rings. The van der Waals surface area contributed by atoms with Crippen LogP contribution in [0, 0.1) is 23.6 Å². The van der Waals surface area contributed by atoms with Gasteiger partial charge in [-0.2, -0.15) is 0 Å². The van der Waals surface area contributed by atoms with Crippen LogP contribution in [0.4, 0.5) is 4.39 Å². The predicted molar refractivity (Wildman–Crippen MR) is 51.4 cm³/mol. The van der Waals surface area contributed by atoms with E-state index in [0.717, 1.165) is 12.8 Å². The molecule has 1 aromatic rings. The number of aldehydes is 1. The molecular weight excluding hydrogens is 179 g/mol. The summed E-state index contributed by atoms with van der Waals surface area (Å²) in [5.74, 6) is 5.95. The molecule has 0 N–H and O–H groups in total. The molecule has 0 spiro atoms. The van der Waals surface area contributed by atoms with Gasteiger partial charge in [-0.15, -0.1) is 0 Å². The largest absolute Gasteiger partial charge is 0.298 e. The van der Waals surface area contributed by atoms with Gasteiger partial charge in [0.2, 0.25) is 0 Å². The fourth-order valence-electron chi connectivity index (χ4n) is 1.15. The Hall–Kier alpha value is -1.62. The normalized spacial score (nSPS) is 14.4. The van der Waals surface area contributed by atoms with E-state index in [9.17, 15) is 9.18 Å². The van der Waals surface area contributed by atoms with E-state index in [-0.39, 0.29) is 5.82 Å². The highest BCUT2D eigenvalue weighted by atomic mass is 19.1. The Morgan fingerprint density at radius 3 is 2.86 bits per heavy atom. The molecule has 1 nitrogen and oxygen atoms in total. The number of halogens is 1. The number of hydrogen-bond acceptors (Lipinski definition) is 1. The van der Waals surface area contributed by atoms with Gasteiger partial charge in [-0.05, 0) is 31.0 Å². The predicted octanol–water partition coefficient (Wildman–Crippen LogP) is 2.40. The topological polar surface area (TPSA) is 17.1 Å². The summed E-state index contributed by atoms with van der Waals surface area (Å²) < 4.78 is 12.8. The van der Waals surface area contributed by atoms with E-state index in [1.165, 1.54) is 18.2 Å². The zero-order valence-corrected chi connectivity index (χ0v) is 7.59. The number of benzene rings is 1. The van der Waals surface area contributed by atoms with E-state index in [4.69, 9.17) is 0 Å². The molecule has 0 atom stereocenters. The number of carbonyl (C=O) groups excluding carboxylic acids is 1. The second kappa shape index (κ2) is 3.63. The van der Waals surface area contributed by atoms with Crippen LogP contribution in [-0.4, -0.2) is 6.29 Å². The van der Waals surface area contributed by atoms with Crippen LogP contribution >= 0.6 is 0 Å². The van der Waals surface area contributed by atoms with Gasteiger partial charge in [0.1, 0.15) is 5.82 Å². The monoisotopic (exact) mass is 188 g/mol. The van der Waals surface area contributed by atoms with Gasteiger partial charge in [0.15, 0.2) is 6.29 Å². The zero-order valence-electron chi connectivity index (χ0n) is 7.59. The van der Waals surface area contributed by atoms with Crippen molar-refractivity contribution in [3.05, 3.63) is 35.1 Å². The highest BCUT2D eigenvalue weighted by Crippen LogP contribution is 2.27. The Balaban J connectivity index is 2.34. The average molecular weight is 188 g/mol. The minimum atomic E-state index is -0.351. The lowest BCUT2D eigenvalue weighted by atomic mass is 10.1. The van der Waals surface area contributed by atoms with Crippen LogP contribution in [0.5, 0.6) is 0 Å². The first-order chi connectivity index (χ1) is 6.79. The quantitative estimate of drug-likeness (QED) is 0.488. The van der Waals surface area contributed by atoms with E-state index >= 15 is 0 Å². The van der Waals surface area contributed by atoms with E-state index in [1.807, 2.05) is 0 Å². The van der Waals surface area contributed by atoms with Gasteiger partial charge < -0.3 is 0 Å². The Morgan fingerprint density at radius 2 is 2.21 bits per heavy atom. The fraction of sp³-hybridized carbons (Fsp3) is 0.250. The lowest BCUT2D eigenvalue weighted by Gasteiger charge is -1.95. The summed E-state index contributed by atoms with van der Waals surface area (Å²) in [6.07, 6.45) is 2.95. The molecule has 1 saturated carbocycles. The summed E-state index contributed by atoms with van der Waals surface area (Å²) >= 11 is 0. The first kappa shape index (κ1) is 8.96. The molecule has 0 heterocycles. The molecule has 0 amide bonds. The number of hydrogen-bond donors (Lipinski definition) is 0. The van der Waals surface area contributed by atoms with Gasteiger partial charge in [-0.1, -0.05) is 11.8 Å². The van der Waals surface area contributed by atoms with Crippen molar-refractivity contribution in [1.82, 2.24) is 0 Å². The maximum atomic E-state index is 12.8. The van der Waals surface area contributed by atoms with Crippen LogP contribution in [0.3, 0.4) is 0 Å². The van der Waals surface area contributed by atoms with Crippen molar-refractivity contribution in [1.29, 1.82) is 0 Å². The molecule has 0 unspecified atom stereocenters. The van der Waals surface area contributed by atoms with Crippen molar-refractivity contribution in [2.24, 2.45) is 5.92 Å². The average Bonchev–Trinajstić information content (AvgIpc) is 2.98. The van der Waals surface area contributed by atoms with Crippen LogP contribution in [0.2, 0.25) is 0 Å². The summed E-state index contributed by atoms with van der Waals surface area (Å²) in [5, 5.41) is 0. The molecule has 1 aromatic carbocycles. The smallest absolute Gasteiger partial charge is 0.151 e. The van der Waals surface area contributed by atoms with Crippen LogP contribution in [0.15, 0.2) is 18.2 Å². The molecule has 70 valence electrons. The molecule has 2 heteroatoms. The minimum absolute atomic E-state index is 0.351. The second-order valence-electron chi connectivity index (χ2n) is 3.39. The molecule has 1 aliphatic carbocycles. The lowest BCUT2D eigenvalue weighted by molar-refractivity contribution is 0.112. The van der Waals surface area contributed by atoms with Gasteiger partial charge in [-0.3, -0.25) is 4.79 Å². The Morgan fingerprint density at radius 1 is 1.43 bits per heavy atom. The molecule has 14 heavy (non-hydrogen) atoms. The van der Waals surface area contributed by atoms with E-state index in [0.29, 0.717) is 23.3 Å². The third-order valence-electron chi connectivity index (χ3n) is 2.13. The SMILES string of the molecule is O=Cc1ccc(F)cc1C#CC1CC1. The van der Waals surface area contributed by atoms with Gasteiger partial charge in [-0.25, -0.2) is 4.39 Å². The molecule has 0 aliphatic heterocycles. The highest BCUT2D eigenvalue weighted by molar-refractivity contribution is 5.79. The van der Waals surface area contributed by atoms with Crippen LogP contribution in [0.1, 0.15) is 28.8 Å². The van der Waals surface area contributed by atoms with Crippen LogP contribution in [0.25, 0.3) is 0 Å².